The van der Waals surface area contributed by atoms with Gasteiger partial charge in [0.05, 0.1) is 0 Å². The highest BCUT2D eigenvalue weighted by molar-refractivity contribution is 7.98. The maximum atomic E-state index is 12.6. The Bertz CT molecular complexity index is 898. The Morgan fingerprint density at radius 3 is 2.43 bits per heavy atom. The molecule has 1 amide bonds. The Labute approximate surface area is 176 Å². The number of aryl methyl sites for hydroxylation is 2. The largest absolute Gasteiger partial charge is 0.351 e. The SMILES string of the molecule is O=C(NCCSCc1cccc(Cl)c1)c1ccccc1CCc1ccccc1. The molecule has 0 unspecified atom stereocenters. The van der Waals surface area contributed by atoms with Crippen LogP contribution in [0.2, 0.25) is 5.02 Å². The summed E-state index contributed by atoms with van der Waals surface area (Å²) in [5.41, 5.74) is 4.36. The summed E-state index contributed by atoms with van der Waals surface area (Å²) in [7, 11) is 0. The first-order chi connectivity index (χ1) is 13.7. The van der Waals surface area contributed by atoms with E-state index in [1.807, 2.05) is 48.5 Å². The number of carbonyl (C=O) groups is 1. The molecule has 0 aliphatic heterocycles. The summed E-state index contributed by atoms with van der Waals surface area (Å²) in [6, 6.07) is 26.2. The van der Waals surface area contributed by atoms with Gasteiger partial charge < -0.3 is 5.32 Å². The molecule has 0 saturated carbocycles. The van der Waals surface area contributed by atoms with Crippen LogP contribution >= 0.6 is 23.4 Å². The fraction of sp³-hybridized carbons (Fsp3) is 0.208. The van der Waals surface area contributed by atoms with E-state index >= 15 is 0 Å². The molecule has 0 spiro atoms. The van der Waals surface area contributed by atoms with E-state index in [0.717, 1.165) is 40.5 Å². The topological polar surface area (TPSA) is 29.1 Å². The summed E-state index contributed by atoms with van der Waals surface area (Å²) >= 11 is 7.80. The minimum absolute atomic E-state index is 0.00650. The van der Waals surface area contributed by atoms with Crippen LogP contribution in [0.3, 0.4) is 0 Å². The predicted molar refractivity (Wildman–Crippen MR) is 120 cm³/mol. The van der Waals surface area contributed by atoms with E-state index in [2.05, 4.69) is 35.6 Å². The summed E-state index contributed by atoms with van der Waals surface area (Å²) in [6.07, 6.45) is 1.79. The van der Waals surface area contributed by atoms with Crippen molar-refractivity contribution in [3.8, 4) is 0 Å². The number of amides is 1. The molecule has 0 radical (unpaired) electrons. The van der Waals surface area contributed by atoms with E-state index in [9.17, 15) is 4.79 Å². The Balaban J connectivity index is 1.46. The van der Waals surface area contributed by atoms with Crippen LogP contribution in [0, 0.1) is 0 Å². The lowest BCUT2D eigenvalue weighted by atomic mass is 9.99. The zero-order valence-electron chi connectivity index (χ0n) is 15.7. The van der Waals surface area contributed by atoms with Crippen LogP contribution in [0.25, 0.3) is 0 Å². The maximum Gasteiger partial charge on any atom is 0.251 e. The summed E-state index contributed by atoms with van der Waals surface area (Å²) in [6.45, 7) is 0.650. The lowest BCUT2D eigenvalue weighted by Crippen LogP contribution is -2.26. The van der Waals surface area contributed by atoms with Crippen LogP contribution in [-0.2, 0) is 18.6 Å². The lowest BCUT2D eigenvalue weighted by Gasteiger charge is -2.10. The number of hydrogen-bond acceptors (Lipinski definition) is 2. The fourth-order valence-electron chi connectivity index (χ4n) is 3.03. The summed E-state index contributed by atoms with van der Waals surface area (Å²) in [4.78, 5) is 12.6. The number of carbonyl (C=O) groups excluding carboxylic acids is 1. The molecule has 144 valence electrons. The quantitative estimate of drug-likeness (QED) is 0.453. The molecular weight excluding hydrogens is 386 g/mol. The number of halogens is 1. The molecule has 0 aliphatic rings. The molecule has 1 N–H and O–H groups in total. The first kappa shape index (κ1) is 20.5. The third-order valence-electron chi connectivity index (χ3n) is 4.48. The van der Waals surface area contributed by atoms with Crippen molar-refractivity contribution in [2.24, 2.45) is 0 Å². The molecule has 0 aliphatic carbocycles. The Morgan fingerprint density at radius 1 is 0.857 bits per heavy atom. The van der Waals surface area contributed by atoms with Crippen molar-refractivity contribution in [1.29, 1.82) is 0 Å². The Kier molecular flexibility index (Phi) is 8.01. The number of rotatable bonds is 9. The van der Waals surface area contributed by atoms with Gasteiger partial charge in [-0.25, -0.2) is 0 Å². The van der Waals surface area contributed by atoms with E-state index in [-0.39, 0.29) is 5.91 Å². The van der Waals surface area contributed by atoms with Crippen LogP contribution in [0.4, 0.5) is 0 Å². The molecule has 0 atom stereocenters. The van der Waals surface area contributed by atoms with Crippen LogP contribution in [0.15, 0.2) is 78.9 Å². The predicted octanol–water partition coefficient (Wildman–Crippen LogP) is 5.79. The number of nitrogens with one attached hydrogen (secondary N) is 1. The number of thioether (sulfide) groups is 1. The molecule has 3 aromatic carbocycles. The highest BCUT2D eigenvalue weighted by Crippen LogP contribution is 2.16. The van der Waals surface area contributed by atoms with Crippen molar-refractivity contribution in [2.45, 2.75) is 18.6 Å². The van der Waals surface area contributed by atoms with Gasteiger partial charge in [0.25, 0.3) is 5.91 Å². The van der Waals surface area contributed by atoms with Gasteiger partial charge in [0.15, 0.2) is 0 Å². The first-order valence-corrected chi connectivity index (χ1v) is 11.0. The van der Waals surface area contributed by atoms with Gasteiger partial charge >= 0.3 is 0 Å². The molecule has 2 nitrogen and oxygen atoms in total. The molecule has 0 bridgehead atoms. The Morgan fingerprint density at radius 2 is 1.61 bits per heavy atom. The summed E-state index contributed by atoms with van der Waals surface area (Å²) in [5.74, 6) is 1.76. The molecule has 3 aromatic rings. The summed E-state index contributed by atoms with van der Waals surface area (Å²) < 4.78 is 0. The van der Waals surface area contributed by atoms with Gasteiger partial charge in [-0.1, -0.05) is 72.3 Å². The molecule has 4 heteroatoms. The smallest absolute Gasteiger partial charge is 0.251 e. The van der Waals surface area contributed by atoms with Crippen LogP contribution < -0.4 is 5.32 Å². The number of benzene rings is 3. The molecule has 0 saturated heterocycles. The fourth-order valence-corrected chi connectivity index (χ4v) is 4.05. The van der Waals surface area contributed by atoms with E-state index in [4.69, 9.17) is 11.6 Å². The second kappa shape index (κ2) is 10.9. The van der Waals surface area contributed by atoms with E-state index in [1.165, 1.54) is 11.1 Å². The molecule has 3 rings (SSSR count). The highest BCUT2D eigenvalue weighted by Gasteiger charge is 2.10. The van der Waals surface area contributed by atoms with E-state index in [0.29, 0.717) is 6.54 Å². The number of hydrogen-bond donors (Lipinski definition) is 1. The van der Waals surface area contributed by atoms with Gasteiger partial charge in [0.1, 0.15) is 0 Å². The van der Waals surface area contributed by atoms with Crippen LogP contribution in [0.5, 0.6) is 0 Å². The van der Waals surface area contributed by atoms with E-state index in [1.54, 1.807) is 11.8 Å². The Hall–Kier alpha value is -2.23. The van der Waals surface area contributed by atoms with E-state index < -0.39 is 0 Å². The van der Waals surface area contributed by atoms with Gasteiger partial charge in [-0.3, -0.25) is 4.79 Å². The molecule has 28 heavy (non-hydrogen) atoms. The second-order valence-electron chi connectivity index (χ2n) is 6.58. The average Bonchev–Trinajstić information content (AvgIpc) is 2.73. The molecule has 0 aromatic heterocycles. The molecule has 0 fully saturated rings. The molecule has 0 heterocycles. The minimum atomic E-state index is 0.00650. The van der Waals surface area contributed by atoms with Crippen LogP contribution in [0.1, 0.15) is 27.0 Å². The monoisotopic (exact) mass is 409 g/mol. The zero-order chi connectivity index (χ0) is 19.6. The van der Waals surface area contributed by atoms with Crippen molar-refractivity contribution in [2.75, 3.05) is 12.3 Å². The van der Waals surface area contributed by atoms with Crippen molar-refractivity contribution in [3.63, 3.8) is 0 Å². The average molecular weight is 410 g/mol. The van der Waals surface area contributed by atoms with Gasteiger partial charge in [0.2, 0.25) is 0 Å². The summed E-state index contributed by atoms with van der Waals surface area (Å²) in [5, 5.41) is 3.81. The zero-order valence-corrected chi connectivity index (χ0v) is 17.3. The van der Waals surface area contributed by atoms with Gasteiger partial charge in [-0.15, -0.1) is 0 Å². The molecular formula is C24H24ClNOS. The minimum Gasteiger partial charge on any atom is -0.351 e. The van der Waals surface area contributed by atoms with Crippen LogP contribution in [-0.4, -0.2) is 18.2 Å². The third kappa shape index (κ3) is 6.43. The normalized spacial score (nSPS) is 10.6. The highest BCUT2D eigenvalue weighted by atomic mass is 35.5. The van der Waals surface area contributed by atoms with Crippen molar-refractivity contribution < 1.29 is 4.79 Å². The van der Waals surface area contributed by atoms with Crippen molar-refractivity contribution in [1.82, 2.24) is 5.32 Å². The second-order valence-corrected chi connectivity index (χ2v) is 8.12. The third-order valence-corrected chi connectivity index (χ3v) is 5.74. The maximum absolute atomic E-state index is 12.6. The van der Waals surface area contributed by atoms with Gasteiger partial charge in [-0.2, -0.15) is 11.8 Å². The first-order valence-electron chi connectivity index (χ1n) is 9.44. The van der Waals surface area contributed by atoms with Crippen molar-refractivity contribution >= 4 is 29.3 Å². The standard InChI is InChI=1S/C24H24ClNOS/c25-22-11-6-9-20(17-22)18-28-16-15-26-24(27)23-12-5-4-10-21(23)14-13-19-7-2-1-3-8-19/h1-12,17H,13-16,18H2,(H,26,27). The lowest BCUT2D eigenvalue weighted by molar-refractivity contribution is 0.0955. The van der Waals surface area contributed by atoms with Crippen molar-refractivity contribution in [3.05, 3.63) is 106 Å². The van der Waals surface area contributed by atoms with Gasteiger partial charge in [0, 0.05) is 28.6 Å². The van der Waals surface area contributed by atoms with Gasteiger partial charge in [-0.05, 0) is 47.7 Å².